The summed E-state index contributed by atoms with van der Waals surface area (Å²) in [5.74, 6) is 1.41. The van der Waals surface area contributed by atoms with Crippen molar-refractivity contribution in [3.8, 4) is 11.5 Å². The first-order chi connectivity index (χ1) is 17.3. The molecule has 0 spiro atoms. The number of fused-ring (bicyclic) bond motifs is 3. The van der Waals surface area contributed by atoms with Gasteiger partial charge in [0.05, 0.1) is 31.2 Å². The monoisotopic (exact) mass is 486 g/mol. The number of carbonyl (C=O) groups is 2. The third-order valence-electron chi connectivity index (χ3n) is 7.35. The van der Waals surface area contributed by atoms with Crippen LogP contribution in [0.15, 0.2) is 47.5 Å². The summed E-state index contributed by atoms with van der Waals surface area (Å²) in [5, 5.41) is 3.23. The van der Waals surface area contributed by atoms with Crippen molar-refractivity contribution in [3.63, 3.8) is 0 Å². The number of nitrogens with two attached hydrogens (primary N) is 1. The second-order valence-corrected chi connectivity index (χ2v) is 10.5. The van der Waals surface area contributed by atoms with Crippen molar-refractivity contribution in [1.82, 2.24) is 10.2 Å². The van der Waals surface area contributed by atoms with Gasteiger partial charge in [-0.25, -0.2) is 4.99 Å². The normalized spacial score (nSPS) is 27.2. The van der Waals surface area contributed by atoms with Gasteiger partial charge in [0.15, 0.2) is 5.96 Å². The van der Waals surface area contributed by atoms with E-state index in [-0.39, 0.29) is 42.3 Å². The van der Waals surface area contributed by atoms with E-state index in [1.165, 1.54) is 0 Å². The fourth-order valence-corrected chi connectivity index (χ4v) is 5.69. The Kier molecular flexibility index (Phi) is 5.28. The van der Waals surface area contributed by atoms with Gasteiger partial charge < -0.3 is 20.5 Å². The summed E-state index contributed by atoms with van der Waals surface area (Å²) in [6.07, 6.45) is 6.16. The van der Waals surface area contributed by atoms with Gasteiger partial charge in [0.2, 0.25) is 5.91 Å². The van der Waals surface area contributed by atoms with Crippen molar-refractivity contribution in [2.45, 2.75) is 63.3 Å². The molecule has 3 N–H and O–H groups in total. The molecule has 0 saturated heterocycles. The Balaban J connectivity index is 1.47. The Morgan fingerprint density at radius 1 is 1.11 bits per heavy atom. The van der Waals surface area contributed by atoms with E-state index in [0.717, 1.165) is 22.4 Å². The third kappa shape index (κ3) is 4.00. The summed E-state index contributed by atoms with van der Waals surface area (Å²) in [5.41, 5.74) is 9.16. The number of nitrogens with one attached hydrogen (secondary N) is 1. The summed E-state index contributed by atoms with van der Waals surface area (Å²) in [7, 11) is 0. The van der Waals surface area contributed by atoms with Gasteiger partial charge in [-0.1, -0.05) is 18.2 Å². The number of rotatable bonds is 0. The highest BCUT2D eigenvalue weighted by Crippen LogP contribution is 2.41. The van der Waals surface area contributed by atoms with E-state index >= 15 is 0 Å². The zero-order valence-electron chi connectivity index (χ0n) is 20.5. The molecular weight excluding hydrogens is 456 g/mol. The number of ether oxygens (including phenoxy) is 2. The molecule has 6 bridgehead atoms. The highest BCUT2D eigenvalue weighted by atomic mass is 16.5. The molecule has 8 heteroatoms. The van der Waals surface area contributed by atoms with E-state index in [0.29, 0.717) is 37.2 Å². The maximum absolute atomic E-state index is 13.5. The molecule has 2 amide bonds. The number of aliphatic imine (C=N–C) groups is 1. The molecule has 2 aromatic carbocycles. The number of hydrogen-bond acceptors (Lipinski definition) is 6. The van der Waals surface area contributed by atoms with Gasteiger partial charge in [0.1, 0.15) is 17.1 Å². The van der Waals surface area contributed by atoms with Crippen LogP contribution >= 0.6 is 0 Å². The van der Waals surface area contributed by atoms with Gasteiger partial charge in [0.25, 0.3) is 5.91 Å². The second kappa shape index (κ2) is 8.40. The van der Waals surface area contributed by atoms with Crippen molar-refractivity contribution in [3.05, 3.63) is 64.7 Å². The summed E-state index contributed by atoms with van der Waals surface area (Å²) < 4.78 is 12.1. The lowest BCUT2D eigenvalue weighted by Crippen LogP contribution is -2.50. The molecule has 0 saturated carbocycles. The van der Waals surface area contributed by atoms with Crippen molar-refractivity contribution < 1.29 is 19.1 Å². The summed E-state index contributed by atoms with van der Waals surface area (Å²) in [6, 6.07) is 10.7. The Labute approximate surface area is 210 Å². The maximum Gasteiger partial charge on any atom is 0.251 e. The van der Waals surface area contributed by atoms with E-state index in [9.17, 15) is 9.59 Å². The molecular formula is C28H30N4O4. The lowest BCUT2D eigenvalue weighted by Gasteiger charge is -2.38. The molecule has 2 aromatic rings. The first-order valence-electron chi connectivity index (χ1n) is 12.5. The van der Waals surface area contributed by atoms with Crippen LogP contribution in [0.25, 0.3) is 6.08 Å². The Bertz CT molecular complexity index is 1310. The van der Waals surface area contributed by atoms with Crippen LogP contribution in [0.2, 0.25) is 0 Å². The zero-order chi connectivity index (χ0) is 25.0. The van der Waals surface area contributed by atoms with E-state index < -0.39 is 5.60 Å². The fraction of sp³-hybridized carbons (Fsp3) is 0.393. The molecule has 7 rings (SSSR count). The van der Waals surface area contributed by atoms with Crippen molar-refractivity contribution in [2.24, 2.45) is 10.7 Å². The van der Waals surface area contributed by atoms with Gasteiger partial charge in [-0.3, -0.25) is 14.5 Å². The van der Waals surface area contributed by atoms with Crippen molar-refractivity contribution in [2.75, 3.05) is 6.61 Å². The summed E-state index contributed by atoms with van der Waals surface area (Å²) in [4.78, 5) is 33.0. The number of hydrogen-bond donors (Lipinski definition) is 2. The lowest BCUT2D eigenvalue weighted by atomic mass is 9.88. The second-order valence-electron chi connectivity index (χ2n) is 10.5. The number of nitrogens with zero attached hydrogens (tertiary/aromatic N) is 2. The minimum absolute atomic E-state index is 0.0603. The van der Waals surface area contributed by atoms with E-state index in [1.807, 2.05) is 44.2 Å². The fourth-order valence-electron chi connectivity index (χ4n) is 5.69. The Morgan fingerprint density at radius 3 is 2.78 bits per heavy atom. The molecule has 0 radical (unpaired) electrons. The average Bonchev–Trinajstić information content (AvgIpc) is 2.83. The van der Waals surface area contributed by atoms with Crippen LogP contribution < -0.4 is 20.5 Å². The number of carbonyl (C=O) groups excluding carboxylic acids is 2. The quantitative estimate of drug-likeness (QED) is 0.588. The largest absolute Gasteiger partial charge is 0.493 e. The predicted molar refractivity (Wildman–Crippen MR) is 136 cm³/mol. The molecule has 2 unspecified atom stereocenters. The first-order valence-corrected chi connectivity index (χ1v) is 12.5. The van der Waals surface area contributed by atoms with Crippen LogP contribution in [0.5, 0.6) is 11.5 Å². The number of amides is 2. The molecule has 3 atom stereocenters. The van der Waals surface area contributed by atoms with Crippen LogP contribution in [-0.4, -0.2) is 40.9 Å². The van der Waals surface area contributed by atoms with E-state index in [2.05, 4.69) is 16.4 Å². The molecule has 0 aromatic heterocycles. The summed E-state index contributed by atoms with van der Waals surface area (Å²) >= 11 is 0. The predicted octanol–water partition coefficient (Wildman–Crippen LogP) is 3.87. The molecule has 0 aliphatic carbocycles. The first kappa shape index (κ1) is 22.6. The van der Waals surface area contributed by atoms with Crippen LogP contribution in [0.1, 0.15) is 78.7 Å². The number of guanidine groups is 1. The lowest BCUT2D eigenvalue weighted by molar-refractivity contribution is -0.130. The topological polar surface area (TPSA) is 106 Å². The SMILES string of the molecule is CC1(C)CC2NC(=O)c3ccc4c(c3)[C@@H](CCO4)N3C(=O)CC(C/C=C/c4ccc(c2c4)O1)N=C3N. The third-order valence-corrected chi connectivity index (χ3v) is 7.35. The van der Waals surface area contributed by atoms with Gasteiger partial charge >= 0.3 is 0 Å². The molecule has 5 heterocycles. The minimum atomic E-state index is -0.419. The molecule has 186 valence electrons. The van der Waals surface area contributed by atoms with Gasteiger partial charge in [-0.2, -0.15) is 0 Å². The molecule has 5 aliphatic heterocycles. The van der Waals surface area contributed by atoms with Crippen molar-refractivity contribution in [1.29, 1.82) is 0 Å². The van der Waals surface area contributed by atoms with Gasteiger partial charge in [-0.05, 0) is 56.2 Å². The van der Waals surface area contributed by atoms with E-state index in [1.54, 1.807) is 17.0 Å². The van der Waals surface area contributed by atoms with Gasteiger partial charge in [-0.15, -0.1) is 0 Å². The van der Waals surface area contributed by atoms with Crippen molar-refractivity contribution >= 4 is 23.8 Å². The molecule has 0 fully saturated rings. The van der Waals surface area contributed by atoms with Crippen LogP contribution in [0, 0.1) is 0 Å². The highest BCUT2D eigenvalue weighted by molar-refractivity contribution is 5.99. The van der Waals surface area contributed by atoms with Crippen LogP contribution in [0.4, 0.5) is 0 Å². The zero-order valence-corrected chi connectivity index (χ0v) is 20.5. The standard InChI is InChI=1S/C28H30N4O4/c1-28(2)15-21-19-12-16(6-8-24(19)36-28)4-3-5-18-14-25(33)32(27(29)30-18)22-10-11-35-23-9-7-17(13-20(22)23)26(34)31-21/h3-4,6-9,12-13,18,21-22H,5,10-11,14-15H2,1-2H3,(H2,29,30)(H,31,34)/b4-3+/t18?,21?,22-/m1/s1. The minimum Gasteiger partial charge on any atom is -0.493 e. The maximum atomic E-state index is 13.5. The summed E-state index contributed by atoms with van der Waals surface area (Å²) in [6.45, 7) is 4.53. The van der Waals surface area contributed by atoms with Gasteiger partial charge in [0, 0.05) is 29.5 Å². The molecule has 5 aliphatic rings. The smallest absolute Gasteiger partial charge is 0.251 e. The average molecular weight is 487 g/mol. The molecule has 8 nitrogen and oxygen atoms in total. The molecule has 36 heavy (non-hydrogen) atoms. The van der Waals surface area contributed by atoms with Crippen LogP contribution in [0.3, 0.4) is 0 Å². The Hall–Kier alpha value is -3.81. The van der Waals surface area contributed by atoms with Crippen LogP contribution in [-0.2, 0) is 4.79 Å². The van der Waals surface area contributed by atoms with E-state index in [4.69, 9.17) is 15.2 Å². The number of benzene rings is 2. The Morgan fingerprint density at radius 2 is 1.94 bits per heavy atom. The highest BCUT2D eigenvalue weighted by Gasteiger charge is 2.38.